The van der Waals surface area contributed by atoms with Gasteiger partial charge in [0, 0.05) is 84.0 Å². The highest BCUT2D eigenvalue weighted by Crippen LogP contribution is 2.30. The zero-order valence-corrected chi connectivity index (χ0v) is 49.2. The molecule has 28 heteroatoms. The summed E-state index contributed by atoms with van der Waals surface area (Å²) in [5.41, 5.74) is 8.23. The molecule has 436 valence electrons. The molecule has 0 saturated carbocycles. The lowest BCUT2D eigenvalue weighted by molar-refractivity contribution is -0.121. The molecule has 3 aliphatic rings. The first-order chi connectivity index (χ1) is 40.5. The highest BCUT2D eigenvalue weighted by molar-refractivity contribution is 7.18. The van der Waals surface area contributed by atoms with Gasteiger partial charge >= 0.3 is 0 Å². The monoisotopic (exact) mass is 1190 g/mol. The fourth-order valence-electron chi connectivity index (χ4n) is 9.67. The standard InChI is InChI=1S/2C22H26N6O3S.C11H15N7S/c2*1-30-14-18(15-5-3-6-17(11-15)31-2)19(29)12-21-26-27-22(32-21)24-16-8-10-28(13-16)20-7-4-9-23-25-20;1-7-2-3-9(15-14-7)18-5-4-8(6-18)13-11-17-16-10(12)19-11/h2*3-7,9,11,16,18H,8,10,12-14H2,1-2H3,(H,24,27);2-3,8H,4-6H2,1H3,(H2,12,16)(H,13,17)/t16-,18+;16-,18-;8-/m111/s1. The molecule has 8 aromatic rings. The quantitative estimate of drug-likeness (QED) is 0.0567. The lowest BCUT2D eigenvalue weighted by atomic mass is 9.93. The molecule has 25 nitrogen and oxygen atoms in total. The molecule has 3 fully saturated rings. The van der Waals surface area contributed by atoms with Crippen molar-refractivity contribution in [3.05, 3.63) is 124 Å². The lowest BCUT2D eigenvalue weighted by Gasteiger charge is -2.16. The van der Waals surface area contributed by atoms with Crippen LogP contribution in [-0.2, 0) is 31.9 Å². The molecule has 3 aliphatic heterocycles. The van der Waals surface area contributed by atoms with Crippen LogP contribution in [0.15, 0.2) is 97.3 Å². The van der Waals surface area contributed by atoms with Gasteiger partial charge in [0.25, 0.3) is 0 Å². The number of benzene rings is 2. The summed E-state index contributed by atoms with van der Waals surface area (Å²) in [6.07, 6.45) is 6.74. The molecular formula is C55H67N19O6S3. The van der Waals surface area contributed by atoms with Crippen LogP contribution in [0, 0.1) is 6.92 Å². The fourth-order valence-corrected chi connectivity index (χ4v) is 11.9. The van der Waals surface area contributed by atoms with Gasteiger partial charge in [-0.25, -0.2) is 0 Å². The number of carbonyl (C=O) groups excluding carboxylic acids is 2. The number of nitrogen functional groups attached to an aromatic ring is 1. The maximum Gasteiger partial charge on any atom is 0.207 e. The van der Waals surface area contributed by atoms with E-state index in [9.17, 15) is 9.59 Å². The zero-order chi connectivity index (χ0) is 57.9. The Hall–Kier alpha value is -8.18. The van der Waals surface area contributed by atoms with E-state index in [-0.39, 0.29) is 48.3 Å². The molecule has 83 heavy (non-hydrogen) atoms. The van der Waals surface area contributed by atoms with Crippen LogP contribution in [0.2, 0.25) is 0 Å². The third-order valence-corrected chi connectivity index (χ3v) is 16.3. The van der Waals surface area contributed by atoms with Gasteiger partial charge in [0.1, 0.15) is 33.1 Å². The molecule has 0 radical (unpaired) electrons. The van der Waals surface area contributed by atoms with Crippen LogP contribution in [0.1, 0.15) is 57.9 Å². The van der Waals surface area contributed by atoms with Gasteiger partial charge in [0.05, 0.1) is 57.8 Å². The van der Waals surface area contributed by atoms with E-state index in [1.807, 2.05) is 91.9 Å². The van der Waals surface area contributed by atoms with Crippen LogP contribution in [0.5, 0.6) is 11.5 Å². The van der Waals surface area contributed by atoms with E-state index >= 15 is 0 Å². The number of anilines is 7. The second-order valence-electron chi connectivity index (χ2n) is 19.7. The first-order valence-electron chi connectivity index (χ1n) is 27.0. The Bertz CT molecular complexity index is 3120. The van der Waals surface area contributed by atoms with Gasteiger partial charge in [-0.2, -0.15) is 15.3 Å². The SMILES string of the molecule is COC[C@@H](C(=O)Cc1nnc(N[C@@H]2CCN(c3cccnn3)C2)s1)c1cccc(OC)c1.COC[C@H](C(=O)Cc1nnc(N[C@@H]2CCN(c3cccnn3)C2)s1)c1cccc(OC)c1.Cc1ccc(N2CC[C@@H](Nc3nnc(N)s3)C2)nn1. The highest BCUT2D eigenvalue weighted by Gasteiger charge is 2.29. The second-order valence-corrected chi connectivity index (χ2v) is 22.9. The summed E-state index contributed by atoms with van der Waals surface area (Å²) in [5.74, 6) is 3.42. The molecule has 5 atom stereocenters. The molecule has 11 rings (SSSR count). The second kappa shape index (κ2) is 29.7. The third kappa shape index (κ3) is 17.0. The molecule has 0 amide bonds. The van der Waals surface area contributed by atoms with Crippen molar-refractivity contribution in [2.45, 2.75) is 69.0 Å². The minimum Gasteiger partial charge on any atom is -0.497 e. The minimum atomic E-state index is -0.384. The molecule has 0 spiro atoms. The number of hydrogen-bond acceptors (Lipinski definition) is 28. The van der Waals surface area contributed by atoms with Crippen molar-refractivity contribution in [1.82, 2.24) is 61.2 Å². The van der Waals surface area contributed by atoms with Gasteiger partial charge < -0.3 is 55.3 Å². The summed E-state index contributed by atoms with van der Waals surface area (Å²) in [7, 11) is 6.41. The number of rotatable bonds is 23. The minimum absolute atomic E-state index is 0.0393. The van der Waals surface area contributed by atoms with Crippen LogP contribution in [0.3, 0.4) is 0 Å². The largest absolute Gasteiger partial charge is 0.497 e. The number of carbonyl (C=O) groups is 2. The average Bonchev–Trinajstić information content (AvgIpc) is 4.44. The van der Waals surface area contributed by atoms with Crippen molar-refractivity contribution in [2.75, 3.05) is 117 Å². The van der Waals surface area contributed by atoms with Gasteiger partial charge in [0.2, 0.25) is 20.5 Å². The van der Waals surface area contributed by atoms with E-state index < -0.39 is 0 Å². The summed E-state index contributed by atoms with van der Waals surface area (Å²) in [5, 5.41) is 63.6. The lowest BCUT2D eigenvalue weighted by Crippen LogP contribution is -2.26. The van der Waals surface area contributed by atoms with Gasteiger partial charge in [-0.3, -0.25) is 9.59 Å². The first-order valence-corrected chi connectivity index (χ1v) is 29.4. The van der Waals surface area contributed by atoms with E-state index in [1.165, 1.54) is 34.0 Å². The van der Waals surface area contributed by atoms with Crippen LogP contribution in [-0.4, -0.2) is 172 Å². The molecule has 0 bridgehead atoms. The molecule has 6 aromatic heterocycles. The van der Waals surface area contributed by atoms with Crippen molar-refractivity contribution in [3.63, 3.8) is 0 Å². The summed E-state index contributed by atoms with van der Waals surface area (Å²) in [6, 6.07) is 27.6. The Labute approximate surface area is 492 Å². The normalized spacial score (nSPS) is 17.2. The van der Waals surface area contributed by atoms with Crippen LogP contribution >= 0.6 is 34.0 Å². The van der Waals surface area contributed by atoms with Crippen molar-refractivity contribution in [2.24, 2.45) is 0 Å². The van der Waals surface area contributed by atoms with Crippen molar-refractivity contribution >= 4 is 83.6 Å². The molecule has 5 N–H and O–H groups in total. The first kappa shape index (κ1) is 59.4. The summed E-state index contributed by atoms with van der Waals surface area (Å²) in [6.45, 7) is 7.83. The molecular weight excluding hydrogens is 1120 g/mol. The van der Waals surface area contributed by atoms with E-state index in [1.54, 1.807) is 40.8 Å². The number of nitrogens with zero attached hydrogens (tertiary/aromatic N) is 15. The van der Waals surface area contributed by atoms with E-state index in [0.717, 1.165) is 108 Å². The summed E-state index contributed by atoms with van der Waals surface area (Å²) < 4.78 is 21.2. The number of ketones is 2. The molecule has 0 unspecified atom stereocenters. The van der Waals surface area contributed by atoms with Gasteiger partial charge in [-0.05, 0) is 98.0 Å². The van der Waals surface area contributed by atoms with Crippen LogP contribution < -0.4 is 45.9 Å². The predicted molar refractivity (Wildman–Crippen MR) is 320 cm³/mol. The third-order valence-electron chi connectivity index (χ3n) is 13.9. The zero-order valence-electron chi connectivity index (χ0n) is 46.8. The van der Waals surface area contributed by atoms with E-state index in [0.29, 0.717) is 45.9 Å². The number of ether oxygens (including phenoxy) is 4. The van der Waals surface area contributed by atoms with Crippen molar-refractivity contribution in [1.29, 1.82) is 0 Å². The molecule has 0 aliphatic carbocycles. The number of nitrogens with one attached hydrogen (secondary N) is 3. The average molecular weight is 1190 g/mol. The van der Waals surface area contributed by atoms with Crippen molar-refractivity contribution in [3.8, 4) is 11.5 Å². The number of aromatic nitrogens is 12. The van der Waals surface area contributed by atoms with Crippen LogP contribution in [0.25, 0.3) is 0 Å². The maximum atomic E-state index is 13.0. The molecule has 2 aromatic carbocycles. The Balaban J connectivity index is 0.000000155. The number of aryl methyl sites for hydroxylation is 1. The van der Waals surface area contributed by atoms with E-state index in [2.05, 4.69) is 91.8 Å². The predicted octanol–water partition coefficient (Wildman–Crippen LogP) is 6.05. The number of Topliss-reactive ketones (excluding diaryl/α,β-unsaturated/α-hetero) is 2. The van der Waals surface area contributed by atoms with Gasteiger partial charge in [-0.1, -0.05) is 58.3 Å². The number of nitrogens with two attached hydrogens (primary N) is 1. The molecule has 9 heterocycles. The topological polar surface area (TPSA) is 298 Å². The smallest absolute Gasteiger partial charge is 0.207 e. The number of methoxy groups -OCH3 is 4. The van der Waals surface area contributed by atoms with Gasteiger partial charge in [-0.15, -0.1) is 45.9 Å². The van der Waals surface area contributed by atoms with E-state index in [4.69, 9.17) is 24.7 Å². The molecule has 3 saturated heterocycles. The summed E-state index contributed by atoms with van der Waals surface area (Å²) in [4.78, 5) is 32.7. The highest BCUT2D eigenvalue weighted by atomic mass is 32.1. The Morgan fingerprint density at radius 1 is 0.542 bits per heavy atom. The van der Waals surface area contributed by atoms with Crippen molar-refractivity contribution < 1.29 is 28.5 Å². The van der Waals surface area contributed by atoms with Gasteiger partial charge in [0.15, 0.2) is 17.5 Å². The van der Waals surface area contributed by atoms with Crippen LogP contribution in [0.4, 0.5) is 38.0 Å². The Morgan fingerprint density at radius 2 is 0.988 bits per heavy atom. The number of hydrogen-bond donors (Lipinski definition) is 4. The Kier molecular flexibility index (Phi) is 21.3. The summed E-state index contributed by atoms with van der Waals surface area (Å²) >= 11 is 4.21. The maximum absolute atomic E-state index is 13.0. The fraction of sp³-hybridized carbons (Fsp3) is 0.418. The Morgan fingerprint density at radius 3 is 1.37 bits per heavy atom.